The molecule has 0 aliphatic carbocycles. The summed E-state index contributed by atoms with van der Waals surface area (Å²) in [5.41, 5.74) is 0. The standard InChI is InChI=1S/C13H24N2O4S/c1-2-15(12-5-8-20(17,18)10-12)13(16)14-9-11-3-6-19-7-4-11/h11-12H,2-10H2,1H3,(H,14,16). The van der Waals surface area contributed by atoms with Crippen molar-refractivity contribution in [2.24, 2.45) is 5.92 Å². The van der Waals surface area contributed by atoms with Gasteiger partial charge in [-0.1, -0.05) is 0 Å². The van der Waals surface area contributed by atoms with Crippen LogP contribution in [-0.2, 0) is 14.6 Å². The molecule has 2 saturated heterocycles. The van der Waals surface area contributed by atoms with E-state index < -0.39 is 9.84 Å². The normalized spacial score (nSPS) is 26.4. The van der Waals surface area contributed by atoms with Gasteiger partial charge < -0.3 is 15.0 Å². The molecule has 0 radical (unpaired) electrons. The fourth-order valence-electron chi connectivity index (χ4n) is 2.87. The van der Waals surface area contributed by atoms with Gasteiger partial charge in [-0.3, -0.25) is 0 Å². The number of carbonyl (C=O) groups excluding carboxylic acids is 1. The van der Waals surface area contributed by atoms with Crippen LogP contribution in [-0.4, -0.2) is 63.2 Å². The molecule has 0 bridgehead atoms. The Labute approximate surface area is 120 Å². The summed E-state index contributed by atoms with van der Waals surface area (Å²) in [6, 6.07) is -0.305. The molecule has 0 spiro atoms. The zero-order valence-corrected chi connectivity index (χ0v) is 12.8. The average molecular weight is 304 g/mol. The van der Waals surface area contributed by atoms with Crippen LogP contribution >= 0.6 is 0 Å². The Kier molecular flexibility index (Phi) is 5.26. The van der Waals surface area contributed by atoms with Gasteiger partial charge in [-0.15, -0.1) is 0 Å². The van der Waals surface area contributed by atoms with Gasteiger partial charge in [0.15, 0.2) is 9.84 Å². The Morgan fingerprint density at radius 3 is 2.55 bits per heavy atom. The van der Waals surface area contributed by atoms with Crippen molar-refractivity contribution in [3.05, 3.63) is 0 Å². The molecule has 2 rings (SSSR count). The maximum absolute atomic E-state index is 12.2. The number of carbonyl (C=O) groups is 1. The molecule has 1 N–H and O–H groups in total. The summed E-state index contributed by atoms with van der Waals surface area (Å²) in [5.74, 6) is 0.770. The highest BCUT2D eigenvalue weighted by molar-refractivity contribution is 7.91. The van der Waals surface area contributed by atoms with Gasteiger partial charge >= 0.3 is 6.03 Å². The van der Waals surface area contributed by atoms with Crippen molar-refractivity contribution in [2.45, 2.75) is 32.2 Å². The molecule has 2 aliphatic heterocycles. The zero-order valence-electron chi connectivity index (χ0n) is 12.0. The summed E-state index contributed by atoms with van der Waals surface area (Å²) < 4.78 is 28.3. The second kappa shape index (κ2) is 6.76. The molecule has 2 aliphatic rings. The monoisotopic (exact) mass is 304 g/mol. The lowest BCUT2D eigenvalue weighted by Crippen LogP contribution is -2.48. The Morgan fingerprint density at radius 2 is 2.00 bits per heavy atom. The molecule has 0 aromatic heterocycles. The maximum Gasteiger partial charge on any atom is 0.317 e. The lowest BCUT2D eigenvalue weighted by atomic mass is 10.0. The summed E-state index contributed by atoms with van der Waals surface area (Å²) >= 11 is 0. The third-order valence-electron chi connectivity index (χ3n) is 4.13. The van der Waals surface area contributed by atoms with Crippen LogP contribution in [0, 0.1) is 5.92 Å². The predicted molar refractivity (Wildman–Crippen MR) is 76.4 cm³/mol. The Hall–Kier alpha value is -0.820. The van der Waals surface area contributed by atoms with E-state index in [0.29, 0.717) is 25.4 Å². The van der Waals surface area contributed by atoms with Crippen LogP contribution in [0.15, 0.2) is 0 Å². The summed E-state index contributed by atoms with van der Waals surface area (Å²) in [4.78, 5) is 13.9. The first-order valence-electron chi connectivity index (χ1n) is 7.34. The first-order chi connectivity index (χ1) is 9.52. The predicted octanol–water partition coefficient (Wildman–Crippen LogP) is 0.632. The molecule has 2 heterocycles. The van der Waals surface area contributed by atoms with E-state index in [-0.39, 0.29) is 23.6 Å². The molecule has 2 fully saturated rings. The number of hydrogen-bond acceptors (Lipinski definition) is 4. The van der Waals surface area contributed by atoms with Gasteiger partial charge in [-0.05, 0) is 32.1 Å². The minimum Gasteiger partial charge on any atom is -0.381 e. The van der Waals surface area contributed by atoms with Gasteiger partial charge in [0.25, 0.3) is 0 Å². The van der Waals surface area contributed by atoms with Crippen molar-refractivity contribution < 1.29 is 17.9 Å². The van der Waals surface area contributed by atoms with Crippen LogP contribution in [0.25, 0.3) is 0 Å². The van der Waals surface area contributed by atoms with Crippen molar-refractivity contribution in [3.8, 4) is 0 Å². The van der Waals surface area contributed by atoms with E-state index in [9.17, 15) is 13.2 Å². The van der Waals surface area contributed by atoms with Crippen molar-refractivity contribution in [1.29, 1.82) is 0 Å². The van der Waals surface area contributed by atoms with Gasteiger partial charge in [-0.2, -0.15) is 0 Å². The molecule has 0 saturated carbocycles. The summed E-state index contributed by atoms with van der Waals surface area (Å²) in [6.07, 6.45) is 2.51. The third-order valence-corrected chi connectivity index (χ3v) is 5.88. The molecular formula is C13H24N2O4S. The number of amides is 2. The summed E-state index contributed by atoms with van der Waals surface area (Å²) in [7, 11) is -2.96. The number of rotatable bonds is 4. The van der Waals surface area contributed by atoms with Gasteiger partial charge in [-0.25, -0.2) is 13.2 Å². The first kappa shape index (κ1) is 15.6. The lowest BCUT2D eigenvalue weighted by molar-refractivity contribution is 0.0662. The number of ether oxygens (including phenoxy) is 1. The lowest BCUT2D eigenvalue weighted by Gasteiger charge is -2.29. The van der Waals surface area contributed by atoms with Crippen molar-refractivity contribution >= 4 is 15.9 Å². The topological polar surface area (TPSA) is 75.7 Å². The fourth-order valence-corrected chi connectivity index (χ4v) is 4.60. The summed E-state index contributed by atoms with van der Waals surface area (Å²) in [5, 5.41) is 2.94. The molecule has 116 valence electrons. The highest BCUT2D eigenvalue weighted by Gasteiger charge is 2.34. The van der Waals surface area contributed by atoms with Crippen LogP contribution in [0.1, 0.15) is 26.2 Å². The number of nitrogens with zero attached hydrogens (tertiary/aromatic N) is 1. The van der Waals surface area contributed by atoms with Crippen LogP contribution in [0.4, 0.5) is 4.79 Å². The number of sulfone groups is 1. The Bertz CT molecular complexity index is 432. The third kappa shape index (κ3) is 4.09. The van der Waals surface area contributed by atoms with Crippen LogP contribution < -0.4 is 5.32 Å². The molecule has 0 aromatic rings. The van der Waals surface area contributed by atoms with E-state index in [2.05, 4.69) is 5.32 Å². The quantitative estimate of drug-likeness (QED) is 0.826. The Balaban J connectivity index is 1.82. The highest BCUT2D eigenvalue weighted by atomic mass is 32.2. The number of hydrogen-bond donors (Lipinski definition) is 1. The molecule has 0 aromatic carbocycles. The first-order valence-corrected chi connectivity index (χ1v) is 9.16. The van der Waals surface area contributed by atoms with Crippen molar-refractivity contribution in [1.82, 2.24) is 10.2 Å². The van der Waals surface area contributed by atoms with Crippen molar-refractivity contribution in [3.63, 3.8) is 0 Å². The minimum absolute atomic E-state index is 0.103. The average Bonchev–Trinajstić information content (AvgIpc) is 2.78. The van der Waals surface area contributed by atoms with E-state index >= 15 is 0 Å². The van der Waals surface area contributed by atoms with E-state index in [1.54, 1.807) is 4.90 Å². The minimum atomic E-state index is -2.96. The van der Waals surface area contributed by atoms with Crippen LogP contribution in [0.2, 0.25) is 0 Å². The second-order valence-electron chi connectivity index (χ2n) is 5.58. The van der Waals surface area contributed by atoms with E-state index in [1.807, 2.05) is 6.92 Å². The molecule has 2 amide bonds. The Morgan fingerprint density at radius 1 is 1.30 bits per heavy atom. The second-order valence-corrected chi connectivity index (χ2v) is 7.81. The van der Waals surface area contributed by atoms with Crippen LogP contribution in [0.5, 0.6) is 0 Å². The molecule has 1 atom stereocenters. The smallest absolute Gasteiger partial charge is 0.317 e. The van der Waals surface area contributed by atoms with Gasteiger partial charge in [0, 0.05) is 32.3 Å². The molecule has 6 nitrogen and oxygen atoms in total. The summed E-state index contributed by atoms with van der Waals surface area (Å²) in [6.45, 7) is 4.61. The van der Waals surface area contributed by atoms with Gasteiger partial charge in [0.05, 0.1) is 11.5 Å². The highest BCUT2D eigenvalue weighted by Crippen LogP contribution is 2.18. The zero-order chi connectivity index (χ0) is 14.6. The van der Waals surface area contributed by atoms with Gasteiger partial charge in [0.1, 0.15) is 0 Å². The van der Waals surface area contributed by atoms with E-state index in [4.69, 9.17) is 4.74 Å². The molecular weight excluding hydrogens is 280 g/mol. The van der Waals surface area contributed by atoms with E-state index in [1.165, 1.54) is 0 Å². The molecule has 1 unspecified atom stereocenters. The number of urea groups is 1. The largest absolute Gasteiger partial charge is 0.381 e. The molecule has 20 heavy (non-hydrogen) atoms. The van der Waals surface area contributed by atoms with Crippen molar-refractivity contribution in [2.75, 3.05) is 37.8 Å². The SMILES string of the molecule is CCN(C(=O)NCC1CCOCC1)C1CCS(=O)(=O)C1. The van der Waals surface area contributed by atoms with Crippen LogP contribution in [0.3, 0.4) is 0 Å². The van der Waals surface area contributed by atoms with E-state index in [0.717, 1.165) is 26.1 Å². The molecule has 7 heteroatoms. The number of nitrogens with one attached hydrogen (secondary N) is 1. The fraction of sp³-hybridized carbons (Fsp3) is 0.923. The van der Waals surface area contributed by atoms with Gasteiger partial charge in [0.2, 0.25) is 0 Å². The maximum atomic E-state index is 12.2.